The first-order valence-electron chi connectivity index (χ1n) is 10.1. The molecule has 154 valence electrons. The van der Waals surface area contributed by atoms with Gasteiger partial charge in [-0.05, 0) is 49.2 Å². The molecule has 1 fully saturated rings. The van der Waals surface area contributed by atoms with Crippen LogP contribution in [-0.4, -0.2) is 37.2 Å². The number of nitrogens with one attached hydrogen (secondary N) is 3. The molecule has 2 amide bonds. The molecule has 0 aliphatic heterocycles. The highest BCUT2D eigenvalue weighted by Gasteiger charge is 2.15. The highest BCUT2D eigenvalue weighted by molar-refractivity contribution is 7.80. The van der Waals surface area contributed by atoms with Gasteiger partial charge in [-0.25, -0.2) is 0 Å². The maximum Gasteiger partial charge on any atom is 0.251 e. The first-order valence-corrected chi connectivity index (χ1v) is 10.5. The standard InChI is InChI=1S/C21H31N3O3S/c1-27-14-6-13-22-20(26)17-9-5-10-18(15-17)23-21(28)24-19(25)12-11-16-7-3-2-4-8-16/h5,9-10,15-16H,2-4,6-8,11-14H2,1H3,(H,22,26)(H2,23,24,25,28). The summed E-state index contributed by atoms with van der Waals surface area (Å²) in [7, 11) is 1.63. The van der Waals surface area contributed by atoms with Gasteiger partial charge < -0.3 is 20.7 Å². The predicted octanol–water partition coefficient (Wildman–Crippen LogP) is 3.63. The third kappa shape index (κ3) is 8.35. The van der Waals surface area contributed by atoms with Gasteiger partial charge in [0.05, 0.1) is 0 Å². The number of anilines is 1. The van der Waals surface area contributed by atoms with E-state index in [0.717, 1.165) is 12.8 Å². The second kappa shape index (κ2) is 12.5. The Balaban J connectivity index is 1.74. The first-order chi connectivity index (χ1) is 13.6. The first kappa shape index (κ1) is 22.3. The van der Waals surface area contributed by atoms with Crippen molar-refractivity contribution in [3.8, 4) is 0 Å². The molecule has 0 heterocycles. The molecule has 3 N–H and O–H groups in total. The van der Waals surface area contributed by atoms with Crippen molar-refractivity contribution in [2.75, 3.05) is 25.6 Å². The largest absolute Gasteiger partial charge is 0.385 e. The monoisotopic (exact) mass is 405 g/mol. The van der Waals surface area contributed by atoms with E-state index in [4.69, 9.17) is 17.0 Å². The molecule has 1 aromatic rings. The van der Waals surface area contributed by atoms with E-state index in [1.54, 1.807) is 25.3 Å². The fourth-order valence-electron chi connectivity index (χ4n) is 3.42. The summed E-state index contributed by atoms with van der Waals surface area (Å²) in [6.45, 7) is 1.16. The minimum Gasteiger partial charge on any atom is -0.385 e. The van der Waals surface area contributed by atoms with Crippen LogP contribution in [0, 0.1) is 5.92 Å². The molecule has 0 atom stereocenters. The molecular formula is C21H31N3O3S. The van der Waals surface area contributed by atoms with Crippen LogP contribution in [0.4, 0.5) is 5.69 Å². The Morgan fingerprint density at radius 3 is 2.75 bits per heavy atom. The highest BCUT2D eigenvalue weighted by Crippen LogP contribution is 2.27. The number of thiocarbonyl (C=S) groups is 1. The van der Waals surface area contributed by atoms with Gasteiger partial charge in [-0.15, -0.1) is 0 Å². The average molecular weight is 406 g/mol. The molecule has 28 heavy (non-hydrogen) atoms. The number of hydrogen-bond acceptors (Lipinski definition) is 4. The predicted molar refractivity (Wildman–Crippen MR) is 115 cm³/mol. The second-order valence-electron chi connectivity index (χ2n) is 7.23. The molecule has 2 rings (SSSR count). The van der Waals surface area contributed by atoms with E-state index in [2.05, 4.69) is 16.0 Å². The normalized spacial score (nSPS) is 14.3. The maximum absolute atomic E-state index is 12.2. The van der Waals surface area contributed by atoms with Crippen molar-refractivity contribution in [2.24, 2.45) is 5.92 Å². The molecule has 1 aliphatic rings. The van der Waals surface area contributed by atoms with Crippen LogP contribution in [0.25, 0.3) is 0 Å². The summed E-state index contributed by atoms with van der Waals surface area (Å²) in [5.41, 5.74) is 1.20. The molecule has 1 aromatic carbocycles. The molecule has 6 nitrogen and oxygen atoms in total. The summed E-state index contributed by atoms with van der Waals surface area (Å²) in [5.74, 6) is 0.456. The van der Waals surface area contributed by atoms with Crippen molar-refractivity contribution in [3.63, 3.8) is 0 Å². The summed E-state index contributed by atoms with van der Waals surface area (Å²) in [6.07, 6.45) is 8.53. The van der Waals surface area contributed by atoms with Crippen molar-refractivity contribution in [1.29, 1.82) is 0 Å². The van der Waals surface area contributed by atoms with Crippen LogP contribution in [0.3, 0.4) is 0 Å². The van der Waals surface area contributed by atoms with Gasteiger partial charge >= 0.3 is 0 Å². The van der Waals surface area contributed by atoms with Gasteiger partial charge in [0.2, 0.25) is 5.91 Å². The minimum absolute atomic E-state index is 0.0601. The van der Waals surface area contributed by atoms with E-state index in [0.29, 0.717) is 36.7 Å². The molecule has 1 saturated carbocycles. The SMILES string of the molecule is COCCCNC(=O)c1cccc(NC(=S)NC(=O)CCC2CCCCC2)c1. The van der Waals surface area contributed by atoms with E-state index < -0.39 is 0 Å². The van der Waals surface area contributed by atoms with Crippen LogP contribution in [0.2, 0.25) is 0 Å². The molecule has 0 bridgehead atoms. The number of amides is 2. The Kier molecular flexibility index (Phi) is 9.93. The Labute approximate surface area is 172 Å². The average Bonchev–Trinajstić information content (AvgIpc) is 2.70. The zero-order valence-electron chi connectivity index (χ0n) is 16.6. The molecule has 1 aliphatic carbocycles. The van der Waals surface area contributed by atoms with E-state index in [-0.39, 0.29) is 16.9 Å². The molecule has 0 unspecified atom stereocenters. The lowest BCUT2D eigenvalue weighted by Crippen LogP contribution is -2.34. The van der Waals surface area contributed by atoms with Crippen molar-refractivity contribution >= 4 is 34.8 Å². The molecule has 0 aromatic heterocycles. The van der Waals surface area contributed by atoms with E-state index in [1.165, 1.54) is 32.1 Å². The summed E-state index contributed by atoms with van der Waals surface area (Å²) in [4.78, 5) is 24.3. The zero-order valence-corrected chi connectivity index (χ0v) is 17.4. The van der Waals surface area contributed by atoms with Crippen LogP contribution < -0.4 is 16.0 Å². The molecule has 0 radical (unpaired) electrons. The van der Waals surface area contributed by atoms with Crippen molar-refractivity contribution in [3.05, 3.63) is 29.8 Å². The zero-order chi connectivity index (χ0) is 20.2. The van der Waals surface area contributed by atoms with Gasteiger partial charge in [-0.2, -0.15) is 0 Å². The molecular weight excluding hydrogens is 374 g/mol. The van der Waals surface area contributed by atoms with Gasteiger partial charge in [0.15, 0.2) is 5.11 Å². The van der Waals surface area contributed by atoms with Gasteiger partial charge in [0.1, 0.15) is 0 Å². The summed E-state index contributed by atoms with van der Waals surface area (Å²) in [6, 6.07) is 7.04. The van der Waals surface area contributed by atoms with Crippen molar-refractivity contribution in [2.45, 2.75) is 51.4 Å². The lowest BCUT2D eigenvalue weighted by atomic mass is 9.86. The fraction of sp³-hybridized carbons (Fsp3) is 0.571. The lowest BCUT2D eigenvalue weighted by molar-refractivity contribution is -0.120. The quantitative estimate of drug-likeness (QED) is 0.432. The Bertz CT molecular complexity index is 660. The van der Waals surface area contributed by atoms with E-state index in [9.17, 15) is 9.59 Å². The highest BCUT2D eigenvalue weighted by atomic mass is 32.1. The summed E-state index contributed by atoms with van der Waals surface area (Å²) >= 11 is 5.23. The number of benzene rings is 1. The van der Waals surface area contributed by atoms with Crippen LogP contribution in [0.5, 0.6) is 0 Å². The third-order valence-corrected chi connectivity index (χ3v) is 5.15. The molecule has 0 spiro atoms. The van der Waals surface area contributed by atoms with Gasteiger partial charge in [0.25, 0.3) is 5.91 Å². The fourth-order valence-corrected chi connectivity index (χ4v) is 3.65. The van der Waals surface area contributed by atoms with Crippen molar-refractivity contribution in [1.82, 2.24) is 10.6 Å². The number of methoxy groups -OCH3 is 1. The summed E-state index contributed by atoms with van der Waals surface area (Å²) in [5, 5.41) is 8.81. The third-order valence-electron chi connectivity index (χ3n) is 4.95. The Hall–Kier alpha value is -1.99. The topological polar surface area (TPSA) is 79.5 Å². The number of ether oxygens (including phenoxy) is 1. The number of carbonyl (C=O) groups excluding carboxylic acids is 2. The lowest BCUT2D eigenvalue weighted by Gasteiger charge is -2.21. The van der Waals surface area contributed by atoms with E-state index in [1.807, 2.05) is 6.07 Å². The second-order valence-corrected chi connectivity index (χ2v) is 7.64. The number of hydrogen-bond donors (Lipinski definition) is 3. The van der Waals surface area contributed by atoms with Crippen molar-refractivity contribution < 1.29 is 14.3 Å². The maximum atomic E-state index is 12.2. The van der Waals surface area contributed by atoms with E-state index >= 15 is 0 Å². The van der Waals surface area contributed by atoms with Crippen LogP contribution >= 0.6 is 12.2 Å². The van der Waals surface area contributed by atoms with Gasteiger partial charge in [0, 0.05) is 37.9 Å². The van der Waals surface area contributed by atoms with Gasteiger partial charge in [-0.3, -0.25) is 9.59 Å². The minimum atomic E-state index is -0.151. The molecule has 0 saturated heterocycles. The summed E-state index contributed by atoms with van der Waals surface area (Å²) < 4.78 is 4.97. The Morgan fingerprint density at radius 1 is 1.21 bits per heavy atom. The Morgan fingerprint density at radius 2 is 2.00 bits per heavy atom. The van der Waals surface area contributed by atoms with Crippen LogP contribution in [0.1, 0.15) is 61.7 Å². The molecule has 7 heteroatoms. The van der Waals surface area contributed by atoms with Crippen LogP contribution in [-0.2, 0) is 9.53 Å². The van der Waals surface area contributed by atoms with Crippen LogP contribution in [0.15, 0.2) is 24.3 Å². The number of carbonyl (C=O) groups is 2. The number of rotatable bonds is 9. The van der Waals surface area contributed by atoms with Gasteiger partial charge in [-0.1, -0.05) is 38.2 Å². The smallest absolute Gasteiger partial charge is 0.251 e.